The van der Waals surface area contributed by atoms with Crippen LogP contribution in [0, 0.1) is 10.1 Å². The maximum atomic E-state index is 12.7. The smallest absolute Gasteiger partial charge is 0.293 e. The molecule has 1 saturated heterocycles. The average molecular weight is 520 g/mol. The van der Waals surface area contributed by atoms with Gasteiger partial charge in [-0.3, -0.25) is 24.6 Å². The quantitative estimate of drug-likeness (QED) is 0.217. The lowest BCUT2D eigenvalue weighted by atomic mass is 10.1. The van der Waals surface area contributed by atoms with E-state index in [1.807, 2.05) is 24.3 Å². The Labute approximate surface area is 193 Å². The van der Waals surface area contributed by atoms with Crippen molar-refractivity contribution in [3.63, 3.8) is 0 Å². The highest BCUT2D eigenvalue weighted by molar-refractivity contribution is 9.10. The zero-order valence-corrected chi connectivity index (χ0v) is 18.7. The third-order valence-electron chi connectivity index (χ3n) is 4.49. The van der Waals surface area contributed by atoms with E-state index in [-0.39, 0.29) is 27.4 Å². The molecule has 10 heteroatoms. The molecule has 4 rings (SSSR count). The van der Waals surface area contributed by atoms with Gasteiger partial charge in [0.25, 0.3) is 16.8 Å². The van der Waals surface area contributed by atoms with Gasteiger partial charge in [-0.1, -0.05) is 45.7 Å². The van der Waals surface area contributed by atoms with Crippen molar-refractivity contribution >= 4 is 62.2 Å². The fraction of sp³-hybridized carbons (Fsp3) is 0.0476. The number of nitro groups is 1. The van der Waals surface area contributed by atoms with Crippen molar-refractivity contribution in [2.24, 2.45) is 0 Å². The van der Waals surface area contributed by atoms with Gasteiger partial charge in [0.05, 0.1) is 16.4 Å². The molecule has 31 heavy (non-hydrogen) atoms. The van der Waals surface area contributed by atoms with Crippen LogP contribution in [0.25, 0.3) is 17.4 Å². The number of nitro benzene ring substituents is 1. The molecule has 0 N–H and O–H groups in total. The molecule has 0 radical (unpaired) electrons. The van der Waals surface area contributed by atoms with Gasteiger partial charge in [-0.2, -0.15) is 0 Å². The summed E-state index contributed by atoms with van der Waals surface area (Å²) in [6.45, 7) is 0.154. The highest BCUT2D eigenvalue weighted by Crippen LogP contribution is 2.36. The molecule has 3 aromatic rings. The first-order chi connectivity index (χ1) is 14.8. The fourth-order valence-corrected chi connectivity index (χ4v) is 4.37. The number of carbonyl (C=O) groups is 2. The Morgan fingerprint density at radius 2 is 1.94 bits per heavy atom. The number of hydrogen-bond donors (Lipinski definition) is 0. The van der Waals surface area contributed by atoms with Crippen LogP contribution in [0.2, 0.25) is 5.02 Å². The number of thioether (sulfide) groups is 1. The lowest BCUT2D eigenvalue weighted by Crippen LogP contribution is -2.27. The fourth-order valence-electron chi connectivity index (χ4n) is 2.95. The zero-order valence-electron chi connectivity index (χ0n) is 15.6. The molecular formula is C21H12BrClN2O5S. The summed E-state index contributed by atoms with van der Waals surface area (Å²) >= 11 is 10.1. The van der Waals surface area contributed by atoms with Gasteiger partial charge in [0.2, 0.25) is 0 Å². The molecule has 7 nitrogen and oxygen atoms in total. The van der Waals surface area contributed by atoms with Crippen molar-refractivity contribution < 1.29 is 18.9 Å². The maximum Gasteiger partial charge on any atom is 0.293 e. The highest BCUT2D eigenvalue weighted by atomic mass is 79.9. The second-order valence-corrected chi connectivity index (χ2v) is 8.74. The summed E-state index contributed by atoms with van der Waals surface area (Å²) in [5.74, 6) is 0.309. The molecule has 156 valence electrons. The lowest BCUT2D eigenvalue weighted by Gasteiger charge is -2.13. The molecule has 0 aliphatic carbocycles. The standard InChI is InChI=1S/C21H12BrClN2O5S/c22-15-4-2-1-3-13(15)11-24-20(26)19(31-21(24)27)10-14-6-8-18(30-14)12-5-7-16(23)17(9-12)25(28)29/h1-10H,11H2/b19-10-. The van der Waals surface area contributed by atoms with Crippen LogP contribution in [0.5, 0.6) is 0 Å². The van der Waals surface area contributed by atoms with Gasteiger partial charge in [0, 0.05) is 22.2 Å². The van der Waals surface area contributed by atoms with E-state index in [2.05, 4.69) is 15.9 Å². The van der Waals surface area contributed by atoms with E-state index in [1.54, 1.807) is 18.2 Å². The Morgan fingerprint density at radius 3 is 2.68 bits per heavy atom. The van der Waals surface area contributed by atoms with Gasteiger partial charge >= 0.3 is 0 Å². The third-order valence-corrected chi connectivity index (χ3v) is 6.49. The van der Waals surface area contributed by atoms with Crippen molar-refractivity contribution in [1.82, 2.24) is 4.90 Å². The molecule has 0 spiro atoms. The van der Waals surface area contributed by atoms with E-state index in [0.717, 1.165) is 21.8 Å². The largest absolute Gasteiger partial charge is 0.457 e. The van der Waals surface area contributed by atoms with E-state index in [4.69, 9.17) is 16.0 Å². The molecule has 1 aliphatic rings. The van der Waals surface area contributed by atoms with Gasteiger partial charge in [0.1, 0.15) is 16.5 Å². The Morgan fingerprint density at radius 1 is 1.16 bits per heavy atom. The minimum Gasteiger partial charge on any atom is -0.457 e. The molecule has 0 unspecified atom stereocenters. The zero-order chi connectivity index (χ0) is 22.1. The topological polar surface area (TPSA) is 93.7 Å². The van der Waals surface area contributed by atoms with Gasteiger partial charge in [-0.25, -0.2) is 0 Å². The van der Waals surface area contributed by atoms with Crippen molar-refractivity contribution in [2.45, 2.75) is 6.54 Å². The van der Waals surface area contributed by atoms with Crippen molar-refractivity contribution in [1.29, 1.82) is 0 Å². The second-order valence-electron chi connectivity index (χ2n) is 6.48. The summed E-state index contributed by atoms with van der Waals surface area (Å²) in [6, 6.07) is 15.0. The van der Waals surface area contributed by atoms with Crippen LogP contribution >= 0.6 is 39.3 Å². The lowest BCUT2D eigenvalue weighted by molar-refractivity contribution is -0.384. The summed E-state index contributed by atoms with van der Waals surface area (Å²) in [4.78, 5) is 37.0. The van der Waals surface area contributed by atoms with Crippen LogP contribution in [0.3, 0.4) is 0 Å². The number of hydrogen-bond acceptors (Lipinski definition) is 6. The highest BCUT2D eigenvalue weighted by Gasteiger charge is 2.35. The normalized spacial score (nSPS) is 15.2. The molecular weight excluding hydrogens is 508 g/mol. The van der Waals surface area contributed by atoms with Gasteiger partial charge in [-0.05, 0) is 47.7 Å². The second kappa shape index (κ2) is 8.70. The predicted octanol–water partition coefficient (Wildman–Crippen LogP) is 6.51. The summed E-state index contributed by atoms with van der Waals surface area (Å²) in [6.07, 6.45) is 1.48. The molecule has 0 bridgehead atoms. The number of carbonyl (C=O) groups excluding carboxylic acids is 2. The minimum absolute atomic E-state index is 0.0271. The molecule has 2 amide bonds. The maximum absolute atomic E-state index is 12.7. The number of nitrogens with zero attached hydrogens (tertiary/aromatic N) is 2. The predicted molar refractivity (Wildman–Crippen MR) is 121 cm³/mol. The van der Waals surface area contributed by atoms with Crippen LogP contribution < -0.4 is 0 Å². The summed E-state index contributed by atoms with van der Waals surface area (Å²) < 4.78 is 6.53. The number of amides is 2. The first-order valence-electron chi connectivity index (χ1n) is 8.86. The van der Waals surface area contributed by atoms with Crippen molar-refractivity contribution in [2.75, 3.05) is 0 Å². The van der Waals surface area contributed by atoms with E-state index in [9.17, 15) is 19.7 Å². The molecule has 1 fully saturated rings. The molecule has 1 aromatic heterocycles. The summed E-state index contributed by atoms with van der Waals surface area (Å²) in [7, 11) is 0. The molecule has 0 atom stereocenters. The summed E-state index contributed by atoms with van der Waals surface area (Å²) in [5.41, 5.74) is 1.05. The number of halogens is 2. The minimum atomic E-state index is -0.573. The molecule has 1 aliphatic heterocycles. The first-order valence-corrected chi connectivity index (χ1v) is 10.8. The number of benzene rings is 2. The average Bonchev–Trinajstić information content (AvgIpc) is 3.30. The molecule has 0 saturated carbocycles. The third kappa shape index (κ3) is 4.43. The summed E-state index contributed by atoms with van der Waals surface area (Å²) in [5, 5.41) is 10.8. The Balaban J connectivity index is 1.56. The van der Waals surface area contributed by atoms with E-state index >= 15 is 0 Å². The number of rotatable bonds is 5. The van der Waals surface area contributed by atoms with Crippen LogP contribution in [0.4, 0.5) is 10.5 Å². The van der Waals surface area contributed by atoms with Crippen molar-refractivity contribution in [3.05, 3.63) is 90.4 Å². The van der Waals surface area contributed by atoms with Gasteiger partial charge in [0.15, 0.2) is 0 Å². The van der Waals surface area contributed by atoms with Crippen LogP contribution in [0.15, 0.2) is 68.4 Å². The molecule has 2 heterocycles. The Bertz CT molecular complexity index is 1260. The number of furan rings is 1. The van der Waals surface area contributed by atoms with E-state index < -0.39 is 10.8 Å². The Hall–Kier alpha value is -2.88. The van der Waals surface area contributed by atoms with Crippen LogP contribution in [-0.2, 0) is 11.3 Å². The van der Waals surface area contributed by atoms with Gasteiger partial charge in [-0.15, -0.1) is 0 Å². The first kappa shape index (κ1) is 21.4. The van der Waals surface area contributed by atoms with Crippen molar-refractivity contribution in [3.8, 4) is 11.3 Å². The monoisotopic (exact) mass is 518 g/mol. The van der Waals surface area contributed by atoms with Crippen LogP contribution in [-0.4, -0.2) is 21.0 Å². The van der Waals surface area contributed by atoms with E-state index in [0.29, 0.717) is 17.1 Å². The SMILES string of the molecule is O=C1S/C(=C\c2ccc(-c3ccc(Cl)c([N+](=O)[O-])c3)o2)C(=O)N1Cc1ccccc1Br. The molecule has 2 aromatic carbocycles. The Kier molecular flexibility index (Phi) is 5.99. The number of imide groups is 1. The van der Waals surface area contributed by atoms with Gasteiger partial charge < -0.3 is 4.42 Å². The van der Waals surface area contributed by atoms with E-state index in [1.165, 1.54) is 23.1 Å². The van der Waals surface area contributed by atoms with Crippen LogP contribution in [0.1, 0.15) is 11.3 Å².